The van der Waals surface area contributed by atoms with Crippen molar-refractivity contribution in [1.29, 1.82) is 0 Å². The Morgan fingerprint density at radius 2 is 2.10 bits per heavy atom. The van der Waals surface area contributed by atoms with Crippen LogP contribution in [0.1, 0.15) is 21.6 Å². The number of aryl methyl sites for hydroxylation is 1. The maximum atomic E-state index is 12.4. The molecule has 0 bridgehead atoms. The van der Waals surface area contributed by atoms with E-state index < -0.39 is 29.6 Å². The van der Waals surface area contributed by atoms with Gasteiger partial charge in [-0.2, -0.15) is 5.10 Å². The average molecular weight is 429 g/mol. The number of aromatic nitrogens is 3. The summed E-state index contributed by atoms with van der Waals surface area (Å²) in [6.45, 7) is 1.29. The number of thioether (sulfide) groups is 1. The highest BCUT2D eigenvalue weighted by Gasteiger charge is 2.34. The summed E-state index contributed by atoms with van der Waals surface area (Å²) < 4.78 is 6.48. The number of carbonyl (C=O) groups is 4. The van der Waals surface area contributed by atoms with Crippen molar-refractivity contribution in [2.75, 3.05) is 19.7 Å². The molecule has 3 heterocycles. The molecule has 0 atom stereocenters. The van der Waals surface area contributed by atoms with Crippen LogP contribution >= 0.6 is 11.8 Å². The smallest absolute Gasteiger partial charge is 0.342 e. The van der Waals surface area contributed by atoms with Crippen molar-refractivity contribution in [3.8, 4) is 0 Å². The second kappa shape index (κ2) is 9.35. The van der Waals surface area contributed by atoms with Crippen molar-refractivity contribution < 1.29 is 23.9 Å². The van der Waals surface area contributed by atoms with Crippen LogP contribution in [0.25, 0.3) is 6.08 Å². The number of hydrogen-bond acceptors (Lipinski definition) is 8. The van der Waals surface area contributed by atoms with E-state index in [9.17, 15) is 19.2 Å². The number of hydrogen-bond donors (Lipinski definition) is 1. The minimum absolute atomic E-state index is 0.0104. The summed E-state index contributed by atoms with van der Waals surface area (Å²) in [6, 6.07) is 3.50. The predicted octanol–water partition coefficient (Wildman–Crippen LogP) is 1.13. The van der Waals surface area contributed by atoms with E-state index in [-0.39, 0.29) is 18.7 Å². The molecule has 2 aromatic rings. The maximum absolute atomic E-state index is 12.4. The van der Waals surface area contributed by atoms with Gasteiger partial charge in [0, 0.05) is 38.2 Å². The molecule has 10 nitrogen and oxygen atoms in total. The van der Waals surface area contributed by atoms with Crippen molar-refractivity contribution in [2.45, 2.75) is 6.92 Å². The number of carbonyl (C=O) groups excluding carboxylic acids is 4. The molecule has 1 saturated heterocycles. The van der Waals surface area contributed by atoms with Gasteiger partial charge in [-0.25, -0.2) is 4.79 Å². The zero-order valence-electron chi connectivity index (χ0n) is 16.3. The van der Waals surface area contributed by atoms with E-state index in [0.29, 0.717) is 16.2 Å². The fourth-order valence-electron chi connectivity index (χ4n) is 2.57. The van der Waals surface area contributed by atoms with Crippen LogP contribution < -0.4 is 5.32 Å². The number of esters is 1. The Hall–Kier alpha value is -3.47. The van der Waals surface area contributed by atoms with Gasteiger partial charge in [0.2, 0.25) is 0 Å². The van der Waals surface area contributed by atoms with Gasteiger partial charge in [-0.15, -0.1) is 0 Å². The third-order valence-corrected chi connectivity index (χ3v) is 5.21. The number of nitrogens with one attached hydrogen (secondary N) is 1. The minimum atomic E-state index is -0.651. The van der Waals surface area contributed by atoms with Gasteiger partial charge >= 0.3 is 5.97 Å². The Labute approximate surface area is 176 Å². The first-order valence-electron chi connectivity index (χ1n) is 8.94. The Morgan fingerprint density at radius 1 is 1.30 bits per heavy atom. The van der Waals surface area contributed by atoms with E-state index >= 15 is 0 Å². The van der Waals surface area contributed by atoms with Crippen molar-refractivity contribution >= 4 is 40.9 Å². The SMILES string of the molecule is Cc1c(C(=O)OCC(=O)NCCN2C(=O)S/C(=C\c3cccnc3)C2=O)cnn1C. The summed E-state index contributed by atoms with van der Waals surface area (Å²) in [5.74, 6) is -1.62. The molecule has 1 fully saturated rings. The Bertz CT molecular complexity index is 1020. The molecular formula is C19H19N5O5S. The summed E-state index contributed by atoms with van der Waals surface area (Å²) in [7, 11) is 1.69. The molecule has 3 amide bonds. The van der Waals surface area contributed by atoms with Gasteiger partial charge in [0.15, 0.2) is 6.61 Å². The molecule has 0 radical (unpaired) electrons. The summed E-state index contributed by atoms with van der Waals surface area (Å²) in [6.07, 6.45) is 6.16. The molecular weight excluding hydrogens is 410 g/mol. The van der Waals surface area contributed by atoms with Crippen LogP contribution in [0.2, 0.25) is 0 Å². The molecule has 1 aliphatic heterocycles. The van der Waals surface area contributed by atoms with Gasteiger partial charge in [0.25, 0.3) is 17.1 Å². The molecule has 30 heavy (non-hydrogen) atoms. The lowest BCUT2D eigenvalue weighted by atomic mass is 10.2. The number of imide groups is 1. The predicted molar refractivity (Wildman–Crippen MR) is 108 cm³/mol. The topological polar surface area (TPSA) is 123 Å². The highest BCUT2D eigenvalue weighted by Crippen LogP contribution is 2.31. The maximum Gasteiger partial charge on any atom is 0.342 e. The first kappa shape index (κ1) is 21.2. The second-order valence-corrected chi connectivity index (χ2v) is 7.31. The zero-order valence-corrected chi connectivity index (χ0v) is 17.1. The first-order chi connectivity index (χ1) is 14.4. The zero-order chi connectivity index (χ0) is 21.7. The third kappa shape index (κ3) is 4.92. The summed E-state index contributed by atoms with van der Waals surface area (Å²) in [4.78, 5) is 53.7. The van der Waals surface area contributed by atoms with Gasteiger partial charge in [-0.3, -0.25) is 28.9 Å². The van der Waals surface area contributed by atoms with Crippen LogP contribution in [0.15, 0.2) is 35.6 Å². The number of ether oxygens (including phenoxy) is 1. The molecule has 0 aromatic carbocycles. The largest absolute Gasteiger partial charge is 0.452 e. The molecule has 1 N–H and O–H groups in total. The lowest BCUT2D eigenvalue weighted by Crippen LogP contribution is -2.38. The normalized spacial score (nSPS) is 15.0. The molecule has 2 aromatic heterocycles. The van der Waals surface area contributed by atoms with Crippen molar-refractivity contribution in [3.63, 3.8) is 0 Å². The van der Waals surface area contributed by atoms with E-state index in [1.807, 2.05) is 0 Å². The van der Waals surface area contributed by atoms with E-state index in [4.69, 9.17) is 4.74 Å². The van der Waals surface area contributed by atoms with Crippen LogP contribution in [0, 0.1) is 6.92 Å². The van der Waals surface area contributed by atoms with Crippen LogP contribution in [0.4, 0.5) is 4.79 Å². The Kier molecular flexibility index (Phi) is 6.62. The molecule has 0 aliphatic carbocycles. The number of pyridine rings is 1. The van der Waals surface area contributed by atoms with E-state index in [1.54, 1.807) is 44.6 Å². The lowest BCUT2D eigenvalue weighted by Gasteiger charge is -2.13. The van der Waals surface area contributed by atoms with Crippen LogP contribution in [0.3, 0.4) is 0 Å². The van der Waals surface area contributed by atoms with Gasteiger partial charge < -0.3 is 10.1 Å². The Balaban J connectivity index is 1.45. The van der Waals surface area contributed by atoms with E-state index in [0.717, 1.165) is 16.7 Å². The van der Waals surface area contributed by atoms with Crippen molar-refractivity contribution in [3.05, 3.63) is 52.4 Å². The number of nitrogens with zero attached hydrogens (tertiary/aromatic N) is 4. The quantitative estimate of drug-likeness (QED) is 0.513. The molecule has 156 valence electrons. The average Bonchev–Trinajstić information content (AvgIpc) is 3.20. The molecule has 0 unspecified atom stereocenters. The molecule has 3 rings (SSSR count). The molecule has 11 heteroatoms. The first-order valence-corrected chi connectivity index (χ1v) is 9.76. The standard InChI is InChI=1S/C19H19N5O5S/c1-12-14(10-22-23(12)2)18(27)29-11-16(25)21-6-7-24-17(26)15(30-19(24)28)8-13-4-3-5-20-9-13/h3-5,8-10H,6-7,11H2,1-2H3,(H,21,25)/b15-8-. The Morgan fingerprint density at radius 3 is 2.77 bits per heavy atom. The summed E-state index contributed by atoms with van der Waals surface area (Å²) >= 11 is 0.831. The monoisotopic (exact) mass is 429 g/mol. The molecule has 1 aliphatic rings. The molecule has 0 spiro atoms. The fraction of sp³-hybridized carbons (Fsp3) is 0.263. The third-order valence-electron chi connectivity index (χ3n) is 4.30. The van der Waals surface area contributed by atoms with Crippen LogP contribution in [0.5, 0.6) is 0 Å². The second-order valence-electron chi connectivity index (χ2n) is 6.31. The fourth-order valence-corrected chi connectivity index (χ4v) is 3.44. The summed E-state index contributed by atoms with van der Waals surface area (Å²) in [5, 5.41) is 6.05. The van der Waals surface area contributed by atoms with Crippen LogP contribution in [-0.2, 0) is 21.4 Å². The lowest BCUT2D eigenvalue weighted by molar-refractivity contribution is -0.125. The summed E-state index contributed by atoms with van der Waals surface area (Å²) in [5.41, 5.74) is 1.62. The van der Waals surface area contributed by atoms with E-state index in [1.165, 1.54) is 10.9 Å². The number of rotatable bonds is 7. The van der Waals surface area contributed by atoms with Crippen molar-refractivity contribution in [2.24, 2.45) is 7.05 Å². The highest BCUT2D eigenvalue weighted by atomic mass is 32.2. The molecule has 0 saturated carbocycles. The van der Waals surface area contributed by atoms with Gasteiger partial charge in [-0.1, -0.05) is 6.07 Å². The van der Waals surface area contributed by atoms with Gasteiger partial charge in [0.05, 0.1) is 11.1 Å². The van der Waals surface area contributed by atoms with Gasteiger partial charge in [0.1, 0.15) is 5.56 Å². The van der Waals surface area contributed by atoms with Crippen molar-refractivity contribution in [1.82, 2.24) is 25.0 Å². The highest BCUT2D eigenvalue weighted by molar-refractivity contribution is 8.18. The van der Waals surface area contributed by atoms with Gasteiger partial charge in [-0.05, 0) is 36.4 Å². The minimum Gasteiger partial charge on any atom is -0.452 e. The van der Waals surface area contributed by atoms with E-state index in [2.05, 4.69) is 15.4 Å². The number of amides is 3. The van der Waals surface area contributed by atoms with Crippen LogP contribution in [-0.4, -0.2) is 62.4 Å².